The molecule has 0 radical (unpaired) electrons. The summed E-state index contributed by atoms with van der Waals surface area (Å²) >= 11 is 0. The Morgan fingerprint density at radius 2 is 1.75 bits per heavy atom. The highest BCUT2D eigenvalue weighted by Gasteiger charge is 2.55. The number of nitrogens with zero attached hydrogens (tertiary/aromatic N) is 2. The fourth-order valence-corrected chi connectivity index (χ4v) is 4.79. The second-order valence-corrected chi connectivity index (χ2v) is 8.18. The number of amides is 3. The van der Waals surface area contributed by atoms with Gasteiger partial charge in [-0.2, -0.15) is 0 Å². The van der Waals surface area contributed by atoms with E-state index in [1.165, 1.54) is 4.90 Å². The second kappa shape index (κ2) is 5.96. The van der Waals surface area contributed by atoms with Crippen molar-refractivity contribution in [3.63, 3.8) is 0 Å². The SMILES string of the molecule is CC1(C)c2[nH]c3ccccc3c2C[C@H]2C(=O)N(CCc3ccccc3)C(=O)N21. The van der Waals surface area contributed by atoms with Crippen LogP contribution in [0.4, 0.5) is 4.79 Å². The molecular weight excluding hydrogens is 350 g/mol. The normalized spacial score (nSPS) is 20.6. The zero-order valence-corrected chi connectivity index (χ0v) is 16.1. The maximum absolute atomic E-state index is 13.2. The minimum atomic E-state index is -0.564. The summed E-state index contributed by atoms with van der Waals surface area (Å²) in [5.41, 5.74) is 3.82. The number of fused-ring (bicyclic) bond motifs is 4. The van der Waals surface area contributed by atoms with Crippen molar-refractivity contribution in [1.82, 2.24) is 14.8 Å². The Morgan fingerprint density at radius 3 is 2.54 bits per heavy atom. The summed E-state index contributed by atoms with van der Waals surface area (Å²) in [6.45, 7) is 4.47. The molecule has 2 aromatic carbocycles. The van der Waals surface area contributed by atoms with Crippen molar-refractivity contribution in [2.75, 3.05) is 6.54 Å². The van der Waals surface area contributed by atoms with Gasteiger partial charge in [0.05, 0.1) is 5.54 Å². The number of urea groups is 1. The Hall–Kier alpha value is -3.08. The molecule has 1 saturated heterocycles. The summed E-state index contributed by atoms with van der Waals surface area (Å²) in [6, 6.07) is 17.5. The van der Waals surface area contributed by atoms with Crippen LogP contribution in [0.5, 0.6) is 0 Å². The molecule has 5 nitrogen and oxygen atoms in total. The molecule has 28 heavy (non-hydrogen) atoms. The third-order valence-electron chi connectivity index (χ3n) is 6.19. The van der Waals surface area contributed by atoms with E-state index >= 15 is 0 Å². The number of nitrogens with one attached hydrogen (secondary N) is 1. The molecule has 3 amide bonds. The van der Waals surface area contributed by atoms with Gasteiger partial charge < -0.3 is 9.88 Å². The molecule has 2 aliphatic rings. The summed E-state index contributed by atoms with van der Waals surface area (Å²) in [5.74, 6) is -0.0788. The van der Waals surface area contributed by atoms with Crippen LogP contribution in [0.15, 0.2) is 54.6 Å². The molecule has 142 valence electrons. The Labute approximate surface area is 163 Å². The van der Waals surface area contributed by atoms with Gasteiger partial charge in [-0.3, -0.25) is 9.69 Å². The topological polar surface area (TPSA) is 56.4 Å². The first-order chi connectivity index (χ1) is 13.5. The first-order valence-electron chi connectivity index (χ1n) is 9.77. The van der Waals surface area contributed by atoms with Gasteiger partial charge >= 0.3 is 6.03 Å². The van der Waals surface area contributed by atoms with E-state index in [4.69, 9.17) is 0 Å². The minimum absolute atomic E-state index is 0.0788. The van der Waals surface area contributed by atoms with Gasteiger partial charge in [0.15, 0.2) is 0 Å². The van der Waals surface area contributed by atoms with Gasteiger partial charge in [0, 0.05) is 29.6 Å². The van der Waals surface area contributed by atoms with E-state index in [1.54, 1.807) is 4.90 Å². The van der Waals surface area contributed by atoms with Crippen molar-refractivity contribution in [1.29, 1.82) is 0 Å². The van der Waals surface area contributed by atoms with Crippen LogP contribution in [0, 0.1) is 0 Å². The monoisotopic (exact) mass is 373 g/mol. The molecule has 1 atom stereocenters. The van der Waals surface area contributed by atoms with Crippen LogP contribution in [-0.4, -0.2) is 39.3 Å². The van der Waals surface area contributed by atoms with Gasteiger partial charge in [-0.1, -0.05) is 48.5 Å². The van der Waals surface area contributed by atoms with Crippen molar-refractivity contribution in [3.05, 3.63) is 71.4 Å². The van der Waals surface area contributed by atoms with E-state index in [-0.39, 0.29) is 11.9 Å². The average Bonchev–Trinajstić information content (AvgIpc) is 3.18. The fraction of sp³-hybridized carbons (Fsp3) is 0.304. The number of carbonyl (C=O) groups is 2. The molecule has 1 aromatic heterocycles. The molecule has 3 aromatic rings. The lowest BCUT2D eigenvalue weighted by Crippen LogP contribution is -2.52. The Bertz CT molecular complexity index is 1080. The predicted molar refractivity (Wildman–Crippen MR) is 108 cm³/mol. The van der Waals surface area contributed by atoms with Crippen LogP contribution in [0.1, 0.15) is 30.7 Å². The van der Waals surface area contributed by atoms with E-state index in [0.717, 1.165) is 27.7 Å². The molecule has 1 fully saturated rings. The van der Waals surface area contributed by atoms with Crippen LogP contribution in [0.25, 0.3) is 10.9 Å². The maximum Gasteiger partial charge on any atom is 0.328 e. The van der Waals surface area contributed by atoms with Gasteiger partial charge in [-0.15, -0.1) is 0 Å². The number of aromatic nitrogens is 1. The highest BCUT2D eigenvalue weighted by Crippen LogP contribution is 2.44. The number of carbonyl (C=O) groups excluding carboxylic acids is 2. The molecule has 0 unspecified atom stereocenters. The van der Waals surface area contributed by atoms with Crippen molar-refractivity contribution in [2.24, 2.45) is 0 Å². The average molecular weight is 373 g/mol. The van der Waals surface area contributed by atoms with Gasteiger partial charge in [-0.05, 0) is 37.5 Å². The third kappa shape index (κ3) is 2.32. The third-order valence-corrected chi connectivity index (χ3v) is 6.19. The number of aromatic amines is 1. The number of benzene rings is 2. The van der Waals surface area contributed by atoms with Crippen LogP contribution >= 0.6 is 0 Å². The number of hydrogen-bond acceptors (Lipinski definition) is 2. The van der Waals surface area contributed by atoms with Crippen molar-refractivity contribution >= 4 is 22.8 Å². The van der Waals surface area contributed by atoms with Gasteiger partial charge in [0.25, 0.3) is 5.91 Å². The molecule has 1 N–H and O–H groups in total. The summed E-state index contributed by atoms with van der Waals surface area (Å²) < 4.78 is 0. The number of hydrogen-bond donors (Lipinski definition) is 1. The maximum atomic E-state index is 13.2. The van der Waals surface area contributed by atoms with Crippen LogP contribution in [0.2, 0.25) is 0 Å². The van der Waals surface area contributed by atoms with E-state index in [9.17, 15) is 9.59 Å². The van der Waals surface area contributed by atoms with Crippen molar-refractivity contribution < 1.29 is 9.59 Å². The van der Waals surface area contributed by atoms with E-state index in [1.807, 2.05) is 62.4 Å². The zero-order valence-electron chi connectivity index (χ0n) is 16.1. The molecule has 5 heteroatoms. The lowest BCUT2D eigenvalue weighted by Gasteiger charge is -2.42. The summed E-state index contributed by atoms with van der Waals surface area (Å²) in [4.78, 5) is 33.1. The summed E-state index contributed by atoms with van der Waals surface area (Å²) in [6.07, 6.45) is 1.24. The van der Waals surface area contributed by atoms with Crippen LogP contribution in [-0.2, 0) is 23.2 Å². The number of H-pyrrole nitrogens is 1. The van der Waals surface area contributed by atoms with Crippen LogP contribution < -0.4 is 0 Å². The minimum Gasteiger partial charge on any atom is -0.356 e. The van der Waals surface area contributed by atoms with Gasteiger partial charge in [-0.25, -0.2) is 4.79 Å². The fourth-order valence-electron chi connectivity index (χ4n) is 4.79. The quantitative estimate of drug-likeness (QED) is 0.710. The largest absolute Gasteiger partial charge is 0.356 e. The van der Waals surface area contributed by atoms with E-state index in [2.05, 4.69) is 11.1 Å². The molecule has 5 rings (SSSR count). The summed E-state index contributed by atoms with van der Waals surface area (Å²) in [5, 5.41) is 1.15. The molecule has 0 aliphatic carbocycles. The Kier molecular flexibility index (Phi) is 3.63. The smallest absolute Gasteiger partial charge is 0.328 e. The zero-order chi connectivity index (χ0) is 19.5. The van der Waals surface area contributed by atoms with Gasteiger partial charge in [0.1, 0.15) is 6.04 Å². The van der Waals surface area contributed by atoms with E-state index < -0.39 is 11.6 Å². The van der Waals surface area contributed by atoms with Gasteiger partial charge in [0.2, 0.25) is 0 Å². The molecule has 2 aliphatic heterocycles. The highest BCUT2D eigenvalue weighted by molar-refractivity contribution is 6.05. The number of rotatable bonds is 3. The molecular formula is C23H23N3O2. The van der Waals surface area contributed by atoms with Crippen LogP contribution in [0.3, 0.4) is 0 Å². The lowest BCUT2D eigenvalue weighted by atomic mass is 9.85. The molecule has 0 saturated carbocycles. The molecule has 0 spiro atoms. The van der Waals surface area contributed by atoms with Crippen molar-refractivity contribution in [2.45, 2.75) is 38.3 Å². The highest BCUT2D eigenvalue weighted by atomic mass is 16.2. The molecule has 3 heterocycles. The van der Waals surface area contributed by atoms with Crippen molar-refractivity contribution in [3.8, 4) is 0 Å². The lowest BCUT2D eigenvalue weighted by molar-refractivity contribution is -0.129. The first-order valence-corrected chi connectivity index (χ1v) is 9.77. The predicted octanol–water partition coefficient (Wildman–Crippen LogP) is 3.83. The summed E-state index contributed by atoms with van der Waals surface area (Å²) in [7, 11) is 0. The Morgan fingerprint density at radius 1 is 1.04 bits per heavy atom. The van der Waals surface area contributed by atoms with E-state index in [0.29, 0.717) is 19.4 Å². The standard InChI is InChI=1S/C23H23N3O2/c1-23(2)20-17(16-10-6-7-11-18(16)24-20)14-19-21(27)25(22(28)26(19)23)13-12-15-8-4-3-5-9-15/h3-11,19,24H,12-14H2,1-2H3/t19-/m0/s1. The number of imide groups is 1. The number of para-hydroxylation sites is 1. The Balaban J connectivity index is 1.49. The second-order valence-electron chi connectivity index (χ2n) is 8.18. The first kappa shape index (κ1) is 17.0. The molecule has 0 bridgehead atoms.